The molecule has 4 aromatic rings. The van der Waals surface area contributed by atoms with Gasteiger partial charge >= 0.3 is 0 Å². The van der Waals surface area contributed by atoms with E-state index in [0.29, 0.717) is 25.6 Å². The third kappa shape index (κ3) is 4.14. The topological polar surface area (TPSA) is 97.3 Å². The summed E-state index contributed by atoms with van der Waals surface area (Å²) < 4.78 is 3.75. The minimum Gasteiger partial charge on any atom is -0.352 e. The van der Waals surface area contributed by atoms with Crippen molar-refractivity contribution in [1.29, 1.82) is 0 Å². The predicted octanol–water partition coefficient (Wildman–Crippen LogP) is 1.23. The van der Waals surface area contributed by atoms with Gasteiger partial charge in [0.05, 0.1) is 13.1 Å². The number of rotatable bonds is 6. The number of benzene rings is 1. The van der Waals surface area contributed by atoms with E-state index in [0.717, 1.165) is 17.0 Å². The van der Waals surface area contributed by atoms with E-state index in [1.165, 1.54) is 5.56 Å². The van der Waals surface area contributed by atoms with Crippen LogP contribution < -0.4 is 10.6 Å². The molecule has 0 atom stereocenters. The number of nitrogens with zero attached hydrogens (tertiary/aromatic N) is 7. The van der Waals surface area contributed by atoms with Crippen molar-refractivity contribution < 1.29 is 0 Å². The first-order chi connectivity index (χ1) is 13.8. The van der Waals surface area contributed by atoms with Gasteiger partial charge < -0.3 is 10.6 Å². The van der Waals surface area contributed by atoms with Gasteiger partial charge in [0, 0.05) is 19.8 Å². The van der Waals surface area contributed by atoms with Crippen molar-refractivity contribution in [2.75, 3.05) is 7.05 Å². The molecule has 3 heterocycles. The number of aliphatic imine (C=N–C) groups is 1. The summed E-state index contributed by atoms with van der Waals surface area (Å²) in [6, 6.07) is 14.2. The molecule has 9 heteroatoms. The summed E-state index contributed by atoms with van der Waals surface area (Å²) in [5.74, 6) is 1.53. The van der Waals surface area contributed by atoms with E-state index < -0.39 is 0 Å². The lowest BCUT2D eigenvalue weighted by Crippen LogP contribution is -2.36. The van der Waals surface area contributed by atoms with E-state index in [4.69, 9.17) is 0 Å². The van der Waals surface area contributed by atoms with E-state index in [1.54, 1.807) is 24.4 Å². The highest BCUT2D eigenvalue weighted by atomic mass is 15.3. The third-order valence-corrected chi connectivity index (χ3v) is 4.28. The maximum absolute atomic E-state index is 4.28. The smallest absolute Gasteiger partial charge is 0.191 e. The Kier molecular flexibility index (Phi) is 5.23. The van der Waals surface area contributed by atoms with E-state index in [2.05, 4.69) is 54.1 Å². The zero-order chi connectivity index (χ0) is 19.2. The Hall–Kier alpha value is -3.75. The SMILES string of the molecule is CN=C(NCc1cccc(Cn2cncn2)c1)NCc1nnc2ccccn12. The largest absolute Gasteiger partial charge is 0.352 e. The van der Waals surface area contributed by atoms with Crippen LogP contribution in [-0.2, 0) is 19.6 Å². The molecule has 142 valence electrons. The van der Waals surface area contributed by atoms with Gasteiger partial charge in [-0.25, -0.2) is 9.67 Å². The molecule has 0 unspecified atom stereocenters. The van der Waals surface area contributed by atoms with Gasteiger partial charge in [0.15, 0.2) is 17.4 Å². The molecule has 4 rings (SSSR count). The molecule has 3 aromatic heterocycles. The molecule has 0 spiro atoms. The Labute approximate surface area is 162 Å². The first-order valence-corrected chi connectivity index (χ1v) is 8.95. The Morgan fingerprint density at radius 3 is 2.79 bits per heavy atom. The Morgan fingerprint density at radius 1 is 1.04 bits per heavy atom. The molecule has 0 radical (unpaired) electrons. The van der Waals surface area contributed by atoms with Crippen LogP contribution in [0.5, 0.6) is 0 Å². The average molecular weight is 375 g/mol. The molecule has 0 bridgehead atoms. The second kappa shape index (κ2) is 8.30. The van der Waals surface area contributed by atoms with Gasteiger partial charge in [0.25, 0.3) is 0 Å². The molecule has 0 saturated carbocycles. The lowest BCUT2D eigenvalue weighted by atomic mass is 10.1. The first-order valence-electron chi connectivity index (χ1n) is 8.95. The molecule has 0 aliphatic rings. The van der Waals surface area contributed by atoms with E-state index in [9.17, 15) is 0 Å². The summed E-state index contributed by atoms with van der Waals surface area (Å²) in [6.45, 7) is 1.88. The maximum atomic E-state index is 4.28. The fourth-order valence-corrected chi connectivity index (χ4v) is 2.92. The highest BCUT2D eigenvalue weighted by Crippen LogP contribution is 2.07. The van der Waals surface area contributed by atoms with Gasteiger partial charge in [-0.3, -0.25) is 9.39 Å². The normalized spacial score (nSPS) is 11.7. The van der Waals surface area contributed by atoms with Crippen molar-refractivity contribution >= 4 is 11.6 Å². The predicted molar refractivity (Wildman–Crippen MR) is 106 cm³/mol. The second-order valence-corrected chi connectivity index (χ2v) is 6.24. The molecule has 28 heavy (non-hydrogen) atoms. The number of pyridine rings is 1. The first kappa shape index (κ1) is 17.7. The van der Waals surface area contributed by atoms with E-state index in [1.807, 2.05) is 34.9 Å². The van der Waals surface area contributed by atoms with Crippen molar-refractivity contribution in [2.24, 2.45) is 4.99 Å². The Balaban J connectivity index is 1.34. The standard InChI is InChI=1S/C19H21N9/c1-20-19(23-11-18-26-25-17-7-2-3-8-28(17)18)22-10-15-5-4-6-16(9-15)12-27-14-21-13-24-27/h2-9,13-14H,10-12H2,1H3,(H2,20,22,23). The molecule has 9 nitrogen and oxygen atoms in total. The van der Waals surface area contributed by atoms with Gasteiger partial charge in [-0.2, -0.15) is 5.10 Å². The maximum Gasteiger partial charge on any atom is 0.191 e. The lowest BCUT2D eigenvalue weighted by molar-refractivity contribution is 0.683. The van der Waals surface area contributed by atoms with Crippen molar-refractivity contribution in [3.8, 4) is 0 Å². The van der Waals surface area contributed by atoms with Crippen LogP contribution in [0.3, 0.4) is 0 Å². The number of hydrogen-bond donors (Lipinski definition) is 2. The van der Waals surface area contributed by atoms with Gasteiger partial charge in [0.1, 0.15) is 12.7 Å². The number of fused-ring (bicyclic) bond motifs is 1. The lowest BCUT2D eigenvalue weighted by Gasteiger charge is -2.12. The van der Waals surface area contributed by atoms with Crippen LogP contribution in [0.2, 0.25) is 0 Å². The molecule has 2 N–H and O–H groups in total. The summed E-state index contributed by atoms with van der Waals surface area (Å²) in [5, 5.41) is 19.1. The molecule has 0 fully saturated rings. The molecule has 1 aromatic carbocycles. The van der Waals surface area contributed by atoms with E-state index >= 15 is 0 Å². The van der Waals surface area contributed by atoms with Crippen molar-refractivity contribution in [3.05, 3.63) is 78.3 Å². The highest BCUT2D eigenvalue weighted by molar-refractivity contribution is 5.79. The number of hydrogen-bond acceptors (Lipinski definition) is 5. The summed E-state index contributed by atoms with van der Waals surface area (Å²) in [5.41, 5.74) is 3.16. The Morgan fingerprint density at radius 2 is 1.93 bits per heavy atom. The van der Waals surface area contributed by atoms with Gasteiger partial charge in [-0.1, -0.05) is 30.3 Å². The Bertz CT molecular complexity index is 1070. The van der Waals surface area contributed by atoms with Crippen molar-refractivity contribution in [2.45, 2.75) is 19.6 Å². The second-order valence-electron chi connectivity index (χ2n) is 6.24. The van der Waals surface area contributed by atoms with Crippen LogP contribution in [0.4, 0.5) is 0 Å². The quantitative estimate of drug-likeness (QED) is 0.389. The fourth-order valence-electron chi connectivity index (χ4n) is 2.92. The molecule has 0 aliphatic heterocycles. The zero-order valence-electron chi connectivity index (χ0n) is 15.5. The highest BCUT2D eigenvalue weighted by Gasteiger charge is 2.06. The monoisotopic (exact) mass is 375 g/mol. The molecular formula is C19H21N9. The van der Waals surface area contributed by atoms with Gasteiger partial charge in [-0.15, -0.1) is 10.2 Å². The van der Waals surface area contributed by atoms with Crippen LogP contribution >= 0.6 is 0 Å². The van der Waals surface area contributed by atoms with Crippen molar-refractivity contribution in [3.63, 3.8) is 0 Å². The summed E-state index contributed by atoms with van der Waals surface area (Å²) >= 11 is 0. The van der Waals surface area contributed by atoms with Crippen LogP contribution in [-0.4, -0.2) is 42.4 Å². The van der Waals surface area contributed by atoms with Gasteiger partial charge in [-0.05, 0) is 23.3 Å². The van der Waals surface area contributed by atoms with Crippen LogP contribution in [0, 0.1) is 0 Å². The fraction of sp³-hybridized carbons (Fsp3) is 0.211. The minimum absolute atomic E-state index is 0.525. The number of guanidine groups is 1. The van der Waals surface area contributed by atoms with Crippen LogP contribution in [0.15, 0.2) is 66.3 Å². The van der Waals surface area contributed by atoms with E-state index in [-0.39, 0.29) is 0 Å². The summed E-state index contributed by atoms with van der Waals surface area (Å²) in [7, 11) is 1.75. The average Bonchev–Trinajstić information content (AvgIpc) is 3.38. The summed E-state index contributed by atoms with van der Waals surface area (Å²) in [6.07, 6.45) is 5.20. The van der Waals surface area contributed by atoms with Crippen LogP contribution in [0.25, 0.3) is 5.65 Å². The zero-order valence-corrected chi connectivity index (χ0v) is 15.5. The molecule has 0 amide bonds. The van der Waals surface area contributed by atoms with Gasteiger partial charge in [0.2, 0.25) is 0 Å². The molecule has 0 saturated heterocycles. The minimum atomic E-state index is 0.525. The molecule has 0 aliphatic carbocycles. The summed E-state index contributed by atoms with van der Waals surface area (Å²) in [4.78, 5) is 8.26. The number of aromatic nitrogens is 6. The molecular weight excluding hydrogens is 354 g/mol. The van der Waals surface area contributed by atoms with Crippen molar-refractivity contribution in [1.82, 2.24) is 40.0 Å². The van der Waals surface area contributed by atoms with Crippen LogP contribution in [0.1, 0.15) is 17.0 Å². The number of nitrogens with one attached hydrogen (secondary N) is 2. The third-order valence-electron chi connectivity index (χ3n) is 4.28.